The van der Waals surface area contributed by atoms with Crippen LogP contribution in [0.3, 0.4) is 0 Å². The lowest BCUT2D eigenvalue weighted by atomic mass is 9.62. The van der Waals surface area contributed by atoms with E-state index in [1.807, 2.05) is 0 Å². The van der Waals surface area contributed by atoms with Gasteiger partial charge in [-0.3, -0.25) is 0 Å². The van der Waals surface area contributed by atoms with Crippen LogP contribution in [0.25, 0.3) is 0 Å². The minimum absolute atomic E-state index is 0.571. The van der Waals surface area contributed by atoms with Gasteiger partial charge in [-0.15, -0.1) is 0 Å². The zero-order chi connectivity index (χ0) is 12.6. The van der Waals surface area contributed by atoms with Gasteiger partial charge in [0.15, 0.2) is 0 Å². The van der Waals surface area contributed by atoms with E-state index in [9.17, 15) is 0 Å². The van der Waals surface area contributed by atoms with Crippen molar-refractivity contribution in [1.29, 1.82) is 0 Å². The van der Waals surface area contributed by atoms with Crippen LogP contribution in [0.1, 0.15) is 73.1 Å². The molecular weight excluding hydrogens is 191 g/mol. The molecule has 0 aromatic rings. The average molecular weight is 223 g/mol. The Labute approximate surface area is 105 Å². The summed E-state index contributed by atoms with van der Waals surface area (Å²) in [6, 6.07) is 0. The fourth-order valence-corrected chi connectivity index (χ4v) is 2.69. The van der Waals surface area contributed by atoms with Gasteiger partial charge in [-0.2, -0.15) is 0 Å². The minimum Gasteiger partial charge on any atom is -0.0917 e. The summed E-state index contributed by atoms with van der Waals surface area (Å²) in [5, 5.41) is 0. The third-order valence-corrected chi connectivity index (χ3v) is 4.47. The summed E-state index contributed by atoms with van der Waals surface area (Å²) in [7, 11) is 2.34. The van der Waals surface area contributed by atoms with Gasteiger partial charge in [0.05, 0.1) is 0 Å². The quantitative estimate of drug-likeness (QED) is 0.448. The predicted molar refractivity (Wildman–Crippen MR) is 77.4 cm³/mol. The van der Waals surface area contributed by atoms with E-state index in [0.29, 0.717) is 5.41 Å². The van der Waals surface area contributed by atoms with E-state index in [1.165, 1.54) is 38.5 Å². The van der Waals surface area contributed by atoms with Gasteiger partial charge in [0.25, 0.3) is 0 Å². The lowest BCUT2D eigenvalue weighted by Gasteiger charge is -2.37. The summed E-state index contributed by atoms with van der Waals surface area (Å²) in [6.07, 6.45) is 8.20. The van der Waals surface area contributed by atoms with Crippen LogP contribution in [0.15, 0.2) is 0 Å². The molecule has 3 atom stereocenters. The normalized spacial score (nSPS) is 18.9. The van der Waals surface area contributed by atoms with Crippen molar-refractivity contribution in [3.8, 4) is 0 Å². The molecular formula is C15H32B. The zero-order valence-corrected chi connectivity index (χ0v) is 12.5. The van der Waals surface area contributed by atoms with Crippen LogP contribution < -0.4 is 0 Å². The summed E-state index contributed by atoms with van der Waals surface area (Å²) in [5.74, 6) is 1.66. The fraction of sp³-hybridized carbons (Fsp3) is 1.00. The fourth-order valence-electron chi connectivity index (χ4n) is 2.69. The maximum atomic E-state index is 2.51. The Kier molecular flexibility index (Phi) is 8.23. The molecule has 0 spiro atoms. The van der Waals surface area contributed by atoms with Crippen molar-refractivity contribution in [1.82, 2.24) is 0 Å². The third-order valence-electron chi connectivity index (χ3n) is 4.47. The zero-order valence-electron chi connectivity index (χ0n) is 12.5. The van der Waals surface area contributed by atoms with Crippen LogP contribution in [0, 0.1) is 11.3 Å². The van der Waals surface area contributed by atoms with Gasteiger partial charge in [0, 0.05) is 0 Å². The van der Waals surface area contributed by atoms with Gasteiger partial charge in [-0.25, -0.2) is 0 Å². The van der Waals surface area contributed by atoms with E-state index in [4.69, 9.17) is 0 Å². The molecule has 16 heavy (non-hydrogen) atoms. The molecule has 0 nitrogen and oxygen atoms in total. The van der Waals surface area contributed by atoms with E-state index in [1.54, 1.807) is 0 Å². The average Bonchev–Trinajstić information content (AvgIpc) is 2.26. The van der Waals surface area contributed by atoms with Crippen LogP contribution in [0.2, 0.25) is 12.6 Å². The summed E-state index contributed by atoms with van der Waals surface area (Å²) < 4.78 is 0. The molecule has 0 saturated heterocycles. The molecule has 0 bridgehead atoms. The van der Waals surface area contributed by atoms with Gasteiger partial charge >= 0.3 is 0 Å². The first kappa shape index (κ1) is 16.1. The molecule has 0 amide bonds. The van der Waals surface area contributed by atoms with Crippen molar-refractivity contribution in [2.75, 3.05) is 0 Å². The molecule has 95 valence electrons. The Morgan fingerprint density at radius 2 is 1.62 bits per heavy atom. The minimum atomic E-state index is 0.571. The van der Waals surface area contributed by atoms with Crippen LogP contribution in [0.5, 0.6) is 0 Å². The van der Waals surface area contributed by atoms with E-state index in [0.717, 1.165) is 11.7 Å². The number of rotatable bonds is 9. The number of hydrogen-bond donors (Lipinski definition) is 0. The van der Waals surface area contributed by atoms with E-state index in [2.05, 4.69) is 48.7 Å². The highest BCUT2D eigenvalue weighted by atomic mass is 14.3. The second-order valence-corrected chi connectivity index (χ2v) is 5.94. The van der Waals surface area contributed by atoms with E-state index in [-0.39, 0.29) is 0 Å². The van der Waals surface area contributed by atoms with Crippen molar-refractivity contribution in [3.63, 3.8) is 0 Å². The Balaban J connectivity index is 4.30. The lowest BCUT2D eigenvalue weighted by Crippen LogP contribution is -2.26. The molecule has 1 heteroatoms. The molecule has 0 N–H and O–H groups in total. The van der Waals surface area contributed by atoms with Crippen molar-refractivity contribution in [3.05, 3.63) is 0 Å². The first-order chi connectivity index (χ1) is 7.50. The Morgan fingerprint density at radius 3 is 2.06 bits per heavy atom. The highest BCUT2D eigenvalue weighted by molar-refractivity contribution is 6.35. The Hall–Kier alpha value is 0.0649. The maximum Gasteiger partial charge on any atom is 0.109 e. The maximum absolute atomic E-state index is 2.51. The second-order valence-electron chi connectivity index (χ2n) is 5.94. The van der Waals surface area contributed by atoms with Crippen LogP contribution in [0.4, 0.5) is 0 Å². The largest absolute Gasteiger partial charge is 0.109 e. The molecule has 0 saturated carbocycles. The molecule has 0 aromatic carbocycles. The molecule has 0 heterocycles. The van der Waals surface area contributed by atoms with Crippen LogP contribution in [-0.2, 0) is 0 Å². The molecule has 0 fully saturated rings. The van der Waals surface area contributed by atoms with Gasteiger partial charge < -0.3 is 0 Å². The summed E-state index contributed by atoms with van der Waals surface area (Å²) in [4.78, 5) is 0. The summed E-state index contributed by atoms with van der Waals surface area (Å²) >= 11 is 0. The monoisotopic (exact) mass is 223 g/mol. The summed E-state index contributed by atoms with van der Waals surface area (Å²) in [6.45, 7) is 14.1. The van der Waals surface area contributed by atoms with Gasteiger partial charge in [-0.1, -0.05) is 72.9 Å². The summed E-state index contributed by atoms with van der Waals surface area (Å²) in [5.41, 5.74) is 0.571. The molecule has 1 radical (unpaired) electrons. The van der Waals surface area contributed by atoms with Gasteiger partial charge in [0.2, 0.25) is 0 Å². The van der Waals surface area contributed by atoms with Crippen molar-refractivity contribution >= 4 is 7.28 Å². The highest BCUT2D eigenvalue weighted by Gasteiger charge is 2.29. The lowest BCUT2D eigenvalue weighted by molar-refractivity contribution is 0.151. The van der Waals surface area contributed by atoms with Crippen LogP contribution in [-0.4, -0.2) is 7.28 Å². The molecule has 0 aliphatic carbocycles. The second kappa shape index (κ2) is 8.20. The first-order valence-electron chi connectivity index (χ1n) is 7.29. The van der Waals surface area contributed by atoms with Crippen molar-refractivity contribution in [2.24, 2.45) is 11.3 Å². The first-order valence-corrected chi connectivity index (χ1v) is 7.29. The SMILES string of the molecule is C[B]C(C)CCC(C)(CCC)C(C)CCC. The molecule has 3 unspecified atom stereocenters. The smallest absolute Gasteiger partial charge is 0.0917 e. The van der Waals surface area contributed by atoms with Gasteiger partial charge in [-0.05, 0) is 24.2 Å². The van der Waals surface area contributed by atoms with Crippen molar-refractivity contribution < 1.29 is 0 Å². The molecule has 0 aliphatic rings. The molecule has 0 aliphatic heterocycles. The Bertz CT molecular complexity index is 167. The molecule has 0 rings (SSSR count). The Morgan fingerprint density at radius 1 is 1.00 bits per heavy atom. The van der Waals surface area contributed by atoms with Gasteiger partial charge in [0.1, 0.15) is 7.28 Å². The topological polar surface area (TPSA) is 0 Å². The molecule has 0 aromatic heterocycles. The standard InChI is InChI=1S/C15H32B/c1-7-9-13(3)15(5,11-8-2)12-10-14(4)16-6/h13-14H,7-12H2,1-6H3. The van der Waals surface area contributed by atoms with E-state index >= 15 is 0 Å². The van der Waals surface area contributed by atoms with Crippen molar-refractivity contribution in [2.45, 2.75) is 85.8 Å². The van der Waals surface area contributed by atoms with E-state index < -0.39 is 0 Å². The van der Waals surface area contributed by atoms with Crippen LogP contribution >= 0.6 is 0 Å². The highest BCUT2D eigenvalue weighted by Crippen LogP contribution is 2.40. The predicted octanol–water partition coefficient (Wildman–Crippen LogP) is 5.57. The third kappa shape index (κ3) is 5.41. The number of hydrogen-bond acceptors (Lipinski definition) is 0.